The minimum atomic E-state index is 0.897. The molecule has 10 aromatic rings. The molecule has 0 N–H and O–H groups in total. The summed E-state index contributed by atoms with van der Waals surface area (Å²) in [5.74, 6) is 0. The van der Waals surface area contributed by atoms with Crippen molar-refractivity contribution in [2.24, 2.45) is 0 Å². The number of thiophene rings is 1. The summed E-state index contributed by atoms with van der Waals surface area (Å²) in [7, 11) is 0. The zero-order chi connectivity index (χ0) is 38.9. The van der Waals surface area contributed by atoms with Crippen molar-refractivity contribution in [3.8, 4) is 22.4 Å². The van der Waals surface area contributed by atoms with Gasteiger partial charge in [0.25, 0.3) is 0 Å². The predicted octanol–water partition coefficient (Wildman–Crippen LogP) is 13.7. The van der Waals surface area contributed by atoms with Gasteiger partial charge in [0, 0.05) is 36.5 Å². The Labute approximate surface area is 346 Å². The van der Waals surface area contributed by atoms with Crippen molar-refractivity contribution in [1.82, 2.24) is 9.97 Å². The summed E-state index contributed by atoms with van der Waals surface area (Å²) in [5.41, 5.74) is 14.6. The first-order chi connectivity index (χ1) is 29.2. The minimum absolute atomic E-state index is 0.897. The van der Waals surface area contributed by atoms with Gasteiger partial charge in [0.15, 0.2) is 0 Å². The molecule has 3 heteroatoms. The molecule has 0 radical (unpaired) electrons. The van der Waals surface area contributed by atoms with Crippen molar-refractivity contribution in [1.29, 1.82) is 0 Å². The van der Waals surface area contributed by atoms with Gasteiger partial charge >= 0.3 is 0 Å². The van der Waals surface area contributed by atoms with Crippen LogP contribution in [0.25, 0.3) is 98.6 Å². The molecule has 2 aliphatic rings. The van der Waals surface area contributed by atoms with Gasteiger partial charge in [-0.1, -0.05) is 170 Å². The molecule has 0 aliphatic heterocycles. The van der Waals surface area contributed by atoms with E-state index < -0.39 is 0 Å². The van der Waals surface area contributed by atoms with Crippen LogP contribution in [-0.2, 0) is 0 Å². The molecule has 0 fully saturated rings. The van der Waals surface area contributed by atoms with Gasteiger partial charge < -0.3 is 0 Å². The van der Waals surface area contributed by atoms with E-state index in [2.05, 4.69) is 176 Å². The summed E-state index contributed by atoms with van der Waals surface area (Å²) in [4.78, 5) is 10.3. The summed E-state index contributed by atoms with van der Waals surface area (Å²) in [6, 6.07) is 57.6. The van der Waals surface area contributed by atoms with E-state index in [1.54, 1.807) is 0 Å². The summed E-state index contributed by atoms with van der Waals surface area (Å²) < 4.78 is 2.81. The molecular formula is C56H38N2S. The summed E-state index contributed by atoms with van der Waals surface area (Å²) in [5, 5.41) is 10.1. The van der Waals surface area contributed by atoms with E-state index in [0.717, 1.165) is 58.7 Å². The third-order valence-electron chi connectivity index (χ3n) is 12.6. The number of hydrogen-bond donors (Lipinski definition) is 0. The van der Waals surface area contributed by atoms with Crippen molar-refractivity contribution in [2.45, 2.75) is 25.7 Å². The van der Waals surface area contributed by atoms with Crippen LogP contribution in [-0.4, -0.2) is 9.97 Å². The standard InChI is InChI=1S/C56H38N2S/c1-2-15-42-38(11-1)12-8-21-44(42)49-22-10-24-51-50-23-9-20-43(55(50)59-56(49)51)39-31-29-36(30-32-39)35-25-27-37(28-26-35)40-13-7-14-41(33-40)52-34-57-53-47-18-5-3-16-45(47)46-17-4-6-19-48(46)54(53)58-52/h1-8,10-19,21-25,27,29-34H,9,20,26,28H2. The van der Waals surface area contributed by atoms with Crippen LogP contribution in [0, 0.1) is 0 Å². The highest BCUT2D eigenvalue weighted by Crippen LogP contribution is 2.38. The van der Waals surface area contributed by atoms with E-state index in [0.29, 0.717) is 0 Å². The average molecular weight is 771 g/mol. The van der Waals surface area contributed by atoms with Crippen LogP contribution in [0.3, 0.4) is 0 Å². The molecule has 278 valence electrons. The molecule has 0 atom stereocenters. The molecule has 0 unspecified atom stereocenters. The molecule has 0 bridgehead atoms. The smallest absolute Gasteiger partial charge is 0.0979 e. The molecular weight excluding hydrogens is 733 g/mol. The molecule has 2 aliphatic carbocycles. The highest BCUT2D eigenvalue weighted by atomic mass is 32.1. The largest absolute Gasteiger partial charge is 0.252 e. The maximum absolute atomic E-state index is 5.26. The van der Waals surface area contributed by atoms with Gasteiger partial charge in [-0.3, -0.25) is 4.98 Å². The molecule has 0 spiro atoms. The fraction of sp³-hybridized carbons (Fsp3) is 0.0714. The Morgan fingerprint density at radius 3 is 1.86 bits per heavy atom. The first kappa shape index (κ1) is 34.1. The van der Waals surface area contributed by atoms with Crippen molar-refractivity contribution < 1.29 is 0 Å². The van der Waals surface area contributed by atoms with E-state index in [1.807, 2.05) is 17.5 Å². The maximum atomic E-state index is 5.26. The molecule has 0 amide bonds. The molecule has 0 saturated carbocycles. The zero-order valence-electron chi connectivity index (χ0n) is 32.5. The average Bonchev–Trinajstić information content (AvgIpc) is 3.71. The van der Waals surface area contributed by atoms with Gasteiger partial charge in [-0.25, -0.2) is 4.98 Å². The fourth-order valence-corrected chi connectivity index (χ4v) is 11.1. The lowest BCUT2D eigenvalue weighted by Crippen LogP contribution is -2.25. The quantitative estimate of drug-likeness (QED) is 0.163. The van der Waals surface area contributed by atoms with E-state index in [1.165, 1.54) is 85.9 Å². The Morgan fingerprint density at radius 1 is 0.458 bits per heavy atom. The van der Waals surface area contributed by atoms with Crippen molar-refractivity contribution in [2.75, 3.05) is 0 Å². The van der Waals surface area contributed by atoms with Gasteiger partial charge in [0.05, 0.1) is 22.9 Å². The number of fused-ring (bicyclic) bond motifs is 10. The van der Waals surface area contributed by atoms with Gasteiger partial charge in [-0.15, -0.1) is 11.3 Å². The zero-order valence-corrected chi connectivity index (χ0v) is 33.3. The second-order valence-corrected chi connectivity index (χ2v) is 16.9. The Balaban J connectivity index is 0.853. The lowest BCUT2D eigenvalue weighted by molar-refractivity contribution is 1.07. The van der Waals surface area contributed by atoms with Crippen LogP contribution in [0.1, 0.15) is 42.4 Å². The number of aromatic nitrogens is 2. The number of rotatable bonds is 5. The molecule has 2 aromatic heterocycles. The number of hydrogen-bond acceptors (Lipinski definition) is 3. The summed E-state index contributed by atoms with van der Waals surface area (Å²) in [6.07, 6.45) is 13.2. The highest BCUT2D eigenvalue weighted by Gasteiger charge is 2.18. The normalized spacial score (nSPS) is 14.1. The van der Waals surface area contributed by atoms with Crippen molar-refractivity contribution >= 4 is 87.6 Å². The Kier molecular flexibility index (Phi) is 8.02. The topological polar surface area (TPSA) is 25.8 Å². The van der Waals surface area contributed by atoms with Crippen LogP contribution < -0.4 is 9.75 Å². The Morgan fingerprint density at radius 2 is 1.07 bits per heavy atom. The van der Waals surface area contributed by atoms with Crippen molar-refractivity contribution in [3.05, 3.63) is 203 Å². The highest BCUT2D eigenvalue weighted by molar-refractivity contribution is 7.17. The van der Waals surface area contributed by atoms with Crippen LogP contribution >= 0.6 is 11.3 Å². The van der Waals surface area contributed by atoms with Gasteiger partial charge in [-0.05, 0) is 97.5 Å². The van der Waals surface area contributed by atoms with Crippen LogP contribution in [0.5, 0.6) is 0 Å². The van der Waals surface area contributed by atoms with E-state index >= 15 is 0 Å². The maximum Gasteiger partial charge on any atom is 0.0979 e. The lowest BCUT2D eigenvalue weighted by Gasteiger charge is -2.17. The number of nitrogens with zero attached hydrogens (tertiary/aromatic N) is 2. The summed E-state index contributed by atoms with van der Waals surface area (Å²) in [6.45, 7) is 0. The number of benzene rings is 8. The Hall–Kier alpha value is -6.94. The van der Waals surface area contributed by atoms with E-state index in [9.17, 15) is 0 Å². The van der Waals surface area contributed by atoms with Crippen LogP contribution in [0.2, 0.25) is 0 Å². The fourth-order valence-electron chi connectivity index (χ4n) is 9.63. The SMILES string of the molecule is C1=C(c2ccc(C3=c4sc5c(-c6cccc7ccccc67)cccc5c4=CCC3)cc2)CCC(c2cccc(-c3cnc4c5ccccc5c5ccccc5c4n3)c2)=C1. The summed E-state index contributed by atoms with van der Waals surface area (Å²) >= 11 is 1.97. The molecule has 0 saturated heterocycles. The molecule has 12 rings (SSSR count). The predicted molar refractivity (Wildman–Crippen MR) is 252 cm³/mol. The second kappa shape index (κ2) is 13.9. The number of allylic oxidation sites excluding steroid dienone is 4. The molecule has 8 aromatic carbocycles. The second-order valence-electron chi connectivity index (χ2n) is 15.9. The third kappa shape index (κ3) is 5.68. The van der Waals surface area contributed by atoms with Crippen LogP contribution in [0.15, 0.2) is 176 Å². The first-order valence-corrected chi connectivity index (χ1v) is 21.5. The lowest BCUT2D eigenvalue weighted by atomic mass is 9.88. The van der Waals surface area contributed by atoms with Crippen molar-refractivity contribution in [3.63, 3.8) is 0 Å². The molecule has 59 heavy (non-hydrogen) atoms. The monoisotopic (exact) mass is 770 g/mol. The third-order valence-corrected chi connectivity index (χ3v) is 13.9. The Bertz CT molecular complexity index is 3510. The van der Waals surface area contributed by atoms with Crippen LogP contribution in [0.4, 0.5) is 0 Å². The van der Waals surface area contributed by atoms with Gasteiger partial charge in [0.1, 0.15) is 0 Å². The van der Waals surface area contributed by atoms with Gasteiger partial charge in [0.2, 0.25) is 0 Å². The molecule has 2 nitrogen and oxygen atoms in total. The molecule has 2 heterocycles. The van der Waals surface area contributed by atoms with E-state index in [-0.39, 0.29) is 0 Å². The van der Waals surface area contributed by atoms with E-state index in [4.69, 9.17) is 9.97 Å². The first-order valence-electron chi connectivity index (χ1n) is 20.7. The van der Waals surface area contributed by atoms with Gasteiger partial charge in [-0.2, -0.15) is 0 Å². The minimum Gasteiger partial charge on any atom is -0.252 e.